The lowest BCUT2D eigenvalue weighted by molar-refractivity contribution is -0.114. The predicted molar refractivity (Wildman–Crippen MR) is 129 cm³/mol. The van der Waals surface area contributed by atoms with Crippen LogP contribution in [0.25, 0.3) is 10.8 Å². The molecule has 1 amide bonds. The largest absolute Gasteiger partial charge is 0.388 e. The third kappa shape index (κ3) is 6.39. The SMILES string of the molecule is CNc1ccc(N=Nc2cc3c(S(=O)(=O)O)cc(OS(=O)O)cc3cc2S(=O)(=O)O)c(NC(C)=O)c1. The normalized spacial score (nSPS) is 13.0. The van der Waals surface area contributed by atoms with Crippen LogP contribution in [0.4, 0.5) is 22.7 Å². The molecule has 0 aliphatic carbocycles. The Hall–Kier alpha value is -3.48. The molecular weight excluding hydrogens is 540 g/mol. The fourth-order valence-corrected chi connectivity index (χ4v) is 4.74. The molecule has 0 spiro atoms. The van der Waals surface area contributed by atoms with Crippen molar-refractivity contribution in [2.24, 2.45) is 10.2 Å². The molecule has 0 saturated carbocycles. The first kappa shape index (κ1) is 27.1. The zero-order valence-electron chi connectivity index (χ0n) is 18.4. The third-order valence-corrected chi connectivity index (χ3v) is 6.66. The van der Waals surface area contributed by atoms with Gasteiger partial charge in [-0.1, -0.05) is 0 Å². The molecule has 3 aromatic carbocycles. The molecule has 14 nitrogen and oxygen atoms in total. The number of carbonyl (C=O) groups excluding carboxylic acids is 1. The van der Waals surface area contributed by atoms with Crippen molar-refractivity contribution in [1.29, 1.82) is 0 Å². The molecule has 1 atom stereocenters. The number of hydrogen-bond donors (Lipinski definition) is 5. The maximum atomic E-state index is 12.1. The van der Waals surface area contributed by atoms with Crippen molar-refractivity contribution in [1.82, 2.24) is 0 Å². The Bertz CT molecular complexity index is 1640. The summed E-state index contributed by atoms with van der Waals surface area (Å²) in [5.41, 5.74) is 0.405. The van der Waals surface area contributed by atoms with E-state index in [1.54, 1.807) is 13.1 Å². The molecule has 0 radical (unpaired) electrons. The molecule has 192 valence electrons. The number of carbonyl (C=O) groups is 1. The molecule has 1 unspecified atom stereocenters. The zero-order chi connectivity index (χ0) is 26.8. The molecule has 36 heavy (non-hydrogen) atoms. The Morgan fingerprint density at radius 2 is 1.58 bits per heavy atom. The molecule has 0 fully saturated rings. The van der Waals surface area contributed by atoms with Crippen molar-refractivity contribution >= 4 is 71.0 Å². The summed E-state index contributed by atoms with van der Waals surface area (Å²) < 4.78 is 91.9. The standard InChI is InChI=1S/C19H18N4O10S3/c1-10(24)21-16-7-12(20-2)3-4-15(16)22-23-17-9-14-11(6-19(17)36(30,31)32)5-13(33-34(25)26)8-18(14)35(27,28)29/h3-9,20H,1-2H3,(H,21,24)(H,25,26)(H,27,28,29)(H,30,31,32). The van der Waals surface area contributed by atoms with Gasteiger partial charge in [-0.3, -0.25) is 18.5 Å². The summed E-state index contributed by atoms with van der Waals surface area (Å²) in [5, 5.41) is 12.7. The molecule has 0 aliphatic heterocycles. The number of amides is 1. The lowest BCUT2D eigenvalue weighted by Crippen LogP contribution is -2.06. The van der Waals surface area contributed by atoms with E-state index in [4.69, 9.17) is 4.55 Å². The van der Waals surface area contributed by atoms with Crippen LogP contribution in [0.2, 0.25) is 0 Å². The second kappa shape index (κ2) is 10.2. The van der Waals surface area contributed by atoms with E-state index in [0.29, 0.717) is 5.69 Å². The van der Waals surface area contributed by atoms with E-state index in [2.05, 4.69) is 25.0 Å². The maximum absolute atomic E-state index is 12.1. The predicted octanol–water partition coefficient (Wildman–Crippen LogP) is 3.26. The highest BCUT2D eigenvalue weighted by atomic mass is 32.2. The number of hydrogen-bond acceptors (Lipinski definition) is 10. The van der Waals surface area contributed by atoms with Gasteiger partial charge >= 0.3 is 11.4 Å². The summed E-state index contributed by atoms with van der Waals surface area (Å²) in [6, 6.07) is 8.07. The number of azo groups is 1. The van der Waals surface area contributed by atoms with Gasteiger partial charge in [0, 0.05) is 31.1 Å². The molecule has 0 heterocycles. The molecule has 0 aromatic heterocycles. The maximum Gasteiger partial charge on any atom is 0.357 e. The van der Waals surface area contributed by atoms with Crippen molar-refractivity contribution in [2.45, 2.75) is 16.7 Å². The van der Waals surface area contributed by atoms with Crippen LogP contribution >= 0.6 is 0 Å². The lowest BCUT2D eigenvalue weighted by atomic mass is 10.1. The number of benzene rings is 3. The van der Waals surface area contributed by atoms with Gasteiger partial charge in [-0.15, -0.1) is 10.2 Å². The molecule has 17 heteroatoms. The molecular formula is C19H18N4O10S3. The van der Waals surface area contributed by atoms with Crippen LogP contribution in [-0.4, -0.2) is 47.7 Å². The van der Waals surface area contributed by atoms with Crippen LogP contribution < -0.4 is 14.8 Å². The van der Waals surface area contributed by atoms with E-state index < -0.39 is 58.7 Å². The van der Waals surface area contributed by atoms with Crippen molar-refractivity contribution in [3.05, 3.63) is 42.5 Å². The fraction of sp³-hybridized carbons (Fsp3) is 0.105. The summed E-state index contributed by atoms with van der Waals surface area (Å²) in [6.45, 7) is 1.26. The molecule has 0 bridgehead atoms. The summed E-state index contributed by atoms with van der Waals surface area (Å²) >= 11 is -2.87. The number of fused-ring (bicyclic) bond motifs is 1. The number of nitrogens with zero attached hydrogens (tertiary/aromatic N) is 2. The Kier molecular flexibility index (Phi) is 7.72. The van der Waals surface area contributed by atoms with E-state index in [-0.39, 0.29) is 22.1 Å². The Morgan fingerprint density at radius 3 is 2.14 bits per heavy atom. The topological polar surface area (TPSA) is 221 Å². The van der Waals surface area contributed by atoms with Crippen molar-refractivity contribution in [3.8, 4) is 5.75 Å². The number of anilines is 2. The monoisotopic (exact) mass is 558 g/mol. The average molecular weight is 559 g/mol. The van der Waals surface area contributed by atoms with Crippen molar-refractivity contribution in [3.63, 3.8) is 0 Å². The van der Waals surface area contributed by atoms with Crippen LogP contribution in [0.5, 0.6) is 5.75 Å². The molecule has 3 rings (SSSR count). The number of rotatable bonds is 8. The van der Waals surface area contributed by atoms with Gasteiger partial charge in [-0.2, -0.15) is 21.0 Å². The first-order chi connectivity index (χ1) is 16.7. The Morgan fingerprint density at radius 1 is 0.944 bits per heavy atom. The molecule has 0 aliphatic rings. The fourth-order valence-electron chi connectivity index (χ4n) is 3.12. The van der Waals surface area contributed by atoms with Gasteiger partial charge in [0.05, 0.1) is 5.69 Å². The first-order valence-electron chi connectivity index (χ1n) is 9.56. The summed E-state index contributed by atoms with van der Waals surface area (Å²) in [4.78, 5) is 9.96. The van der Waals surface area contributed by atoms with E-state index in [0.717, 1.165) is 24.3 Å². The van der Waals surface area contributed by atoms with Crippen LogP contribution in [-0.2, 0) is 36.4 Å². The highest BCUT2D eigenvalue weighted by Gasteiger charge is 2.23. The summed E-state index contributed by atoms with van der Waals surface area (Å²) in [6.07, 6.45) is 0. The van der Waals surface area contributed by atoms with Gasteiger partial charge in [-0.25, -0.2) is 0 Å². The van der Waals surface area contributed by atoms with Gasteiger partial charge in [0.1, 0.15) is 26.9 Å². The summed E-state index contributed by atoms with van der Waals surface area (Å²) in [5.74, 6) is -0.917. The minimum atomic E-state index is -4.95. The van der Waals surface area contributed by atoms with E-state index in [9.17, 15) is 34.9 Å². The van der Waals surface area contributed by atoms with E-state index in [1.165, 1.54) is 19.1 Å². The highest BCUT2D eigenvalue weighted by Crippen LogP contribution is 2.37. The molecule has 3 aromatic rings. The van der Waals surface area contributed by atoms with Crippen LogP contribution in [0.15, 0.2) is 62.5 Å². The van der Waals surface area contributed by atoms with Crippen molar-refractivity contribution in [2.75, 3.05) is 17.7 Å². The minimum absolute atomic E-state index is 0.0924. The smallest absolute Gasteiger partial charge is 0.357 e. The zero-order valence-corrected chi connectivity index (χ0v) is 20.8. The van der Waals surface area contributed by atoms with Gasteiger partial charge in [0.15, 0.2) is 0 Å². The van der Waals surface area contributed by atoms with E-state index >= 15 is 0 Å². The average Bonchev–Trinajstić information content (AvgIpc) is 2.75. The lowest BCUT2D eigenvalue weighted by Gasteiger charge is -2.11. The van der Waals surface area contributed by atoms with Crippen molar-refractivity contribution < 1.29 is 43.7 Å². The highest BCUT2D eigenvalue weighted by molar-refractivity contribution is 7.86. The second-order valence-corrected chi connectivity index (χ2v) is 10.5. The minimum Gasteiger partial charge on any atom is -0.388 e. The Balaban J connectivity index is 2.29. The first-order valence-corrected chi connectivity index (χ1v) is 13.5. The van der Waals surface area contributed by atoms with Gasteiger partial charge in [0.2, 0.25) is 5.91 Å². The van der Waals surface area contributed by atoms with Crippen LogP contribution in [0.3, 0.4) is 0 Å². The quantitative estimate of drug-likeness (QED) is 0.153. The second-order valence-electron chi connectivity index (χ2n) is 7.08. The van der Waals surface area contributed by atoms with Gasteiger partial charge in [-0.05, 0) is 41.8 Å². The molecule has 0 saturated heterocycles. The summed E-state index contributed by atoms with van der Waals surface area (Å²) in [7, 11) is -8.25. The van der Waals surface area contributed by atoms with Gasteiger partial charge < -0.3 is 14.8 Å². The molecule has 5 N–H and O–H groups in total. The third-order valence-electron chi connectivity index (χ3n) is 4.55. The van der Waals surface area contributed by atoms with E-state index in [1.807, 2.05) is 0 Å². The van der Waals surface area contributed by atoms with Crippen LogP contribution in [0, 0.1) is 0 Å². The van der Waals surface area contributed by atoms with Crippen LogP contribution in [0.1, 0.15) is 6.92 Å². The van der Waals surface area contributed by atoms with Gasteiger partial charge in [0.25, 0.3) is 20.2 Å². The Labute approximate surface area is 207 Å². The number of nitrogens with one attached hydrogen (secondary N) is 2.